The summed E-state index contributed by atoms with van der Waals surface area (Å²) in [5.41, 5.74) is 0. The maximum absolute atomic E-state index is 10.1. The minimum absolute atomic E-state index is 0.00986. The van der Waals surface area contributed by atoms with Crippen LogP contribution in [0, 0.1) is 4.91 Å². The number of rotatable bonds is 14. The van der Waals surface area contributed by atoms with E-state index >= 15 is 0 Å². The van der Waals surface area contributed by atoms with Gasteiger partial charge < -0.3 is 9.94 Å². The molecule has 0 amide bonds. The molecule has 0 fully saturated rings. The van der Waals surface area contributed by atoms with Gasteiger partial charge in [0.2, 0.25) is 0 Å². The highest BCUT2D eigenvalue weighted by Gasteiger charge is 2.01. The van der Waals surface area contributed by atoms with Crippen molar-refractivity contribution in [3.63, 3.8) is 0 Å². The van der Waals surface area contributed by atoms with E-state index in [0.717, 1.165) is 25.7 Å². The molecule has 0 aliphatic carbocycles. The molecule has 0 saturated heterocycles. The van der Waals surface area contributed by atoms with Crippen molar-refractivity contribution < 1.29 is 14.7 Å². The van der Waals surface area contributed by atoms with E-state index in [0.29, 0.717) is 6.42 Å². The van der Waals surface area contributed by atoms with E-state index in [1.54, 1.807) is 0 Å². The Morgan fingerprint density at radius 3 is 1.95 bits per heavy atom. The van der Waals surface area contributed by atoms with Crippen molar-refractivity contribution >= 4 is 5.97 Å². The van der Waals surface area contributed by atoms with Crippen molar-refractivity contribution in [2.75, 3.05) is 0 Å². The average Bonchev–Trinajstić information content (AvgIpc) is 2.48. The molecule has 5 heteroatoms. The Labute approximate surface area is 135 Å². The van der Waals surface area contributed by atoms with Crippen molar-refractivity contribution in [1.82, 2.24) is 0 Å². The monoisotopic (exact) mass is 317 g/mol. The van der Waals surface area contributed by atoms with E-state index in [2.05, 4.69) is 24.0 Å². The zero-order chi connectivity index (χ0) is 17.1. The van der Waals surface area contributed by atoms with Crippen molar-refractivity contribution in [2.45, 2.75) is 104 Å². The van der Waals surface area contributed by atoms with Gasteiger partial charge in [0.25, 0.3) is 0 Å². The third-order valence-corrected chi connectivity index (χ3v) is 3.43. The van der Waals surface area contributed by atoms with Crippen LogP contribution in [0.25, 0.3) is 0 Å². The van der Waals surface area contributed by atoms with Crippen LogP contribution in [0.5, 0.6) is 0 Å². The molecule has 0 bridgehead atoms. The topological polar surface area (TPSA) is 76.0 Å². The lowest BCUT2D eigenvalue weighted by atomic mass is 10.1. The van der Waals surface area contributed by atoms with Gasteiger partial charge in [0, 0.05) is 6.42 Å². The molecule has 0 aliphatic rings. The fourth-order valence-electron chi connectivity index (χ4n) is 2.04. The fraction of sp³-hybridized carbons (Fsp3) is 0.941. The minimum Gasteiger partial charge on any atom is -0.481 e. The summed E-state index contributed by atoms with van der Waals surface area (Å²) >= 11 is 0. The van der Waals surface area contributed by atoms with Crippen LogP contribution >= 0.6 is 0 Å². The fourth-order valence-corrected chi connectivity index (χ4v) is 2.04. The molecule has 0 rings (SSSR count). The molecule has 0 aromatic carbocycles. The molecule has 1 N–H and O–H groups in total. The lowest BCUT2D eigenvalue weighted by Gasteiger charge is -2.05. The van der Waals surface area contributed by atoms with E-state index < -0.39 is 5.97 Å². The molecule has 0 radical (unpaired) electrons. The summed E-state index contributed by atoms with van der Waals surface area (Å²) in [5, 5.41) is 10.7. The maximum atomic E-state index is 10.1. The number of carboxylic acid groups (broad SMARTS) is 1. The summed E-state index contributed by atoms with van der Waals surface area (Å²) in [6.45, 7) is 6.22. The molecule has 0 aliphatic heterocycles. The van der Waals surface area contributed by atoms with Gasteiger partial charge in [-0.25, -0.2) is 0 Å². The molecular formula is C17H35NO4. The van der Waals surface area contributed by atoms with Crippen LogP contribution in [0.3, 0.4) is 0 Å². The number of hydrogen-bond acceptors (Lipinski definition) is 4. The molecule has 0 aromatic heterocycles. The third kappa shape index (κ3) is 23.9. The van der Waals surface area contributed by atoms with Crippen molar-refractivity contribution in [2.24, 2.45) is 5.34 Å². The summed E-state index contributed by atoms with van der Waals surface area (Å²) in [4.78, 5) is 24.2. The molecule has 0 spiro atoms. The highest BCUT2D eigenvalue weighted by atomic mass is 16.7. The van der Waals surface area contributed by atoms with Crippen molar-refractivity contribution in [3.05, 3.63) is 4.91 Å². The van der Waals surface area contributed by atoms with Gasteiger partial charge in [0.1, 0.15) is 6.10 Å². The molecule has 0 saturated carbocycles. The van der Waals surface area contributed by atoms with Crippen molar-refractivity contribution in [1.29, 1.82) is 0 Å². The number of carboxylic acids is 1. The standard InChI is InChI=1S/C9H18O2.C8H17NO2/c1-2-3-4-5-6-7-8-9(10)11;1-3-4-5-6-7-8(2)11-9-10/h2-8H2,1H3,(H,10,11);8H,3-7H2,1-2H3. The summed E-state index contributed by atoms with van der Waals surface area (Å²) in [7, 11) is 0. The quantitative estimate of drug-likeness (QED) is 0.247. The van der Waals surface area contributed by atoms with Gasteiger partial charge in [-0.3, -0.25) is 4.79 Å². The maximum Gasteiger partial charge on any atom is 0.303 e. The van der Waals surface area contributed by atoms with E-state index in [1.165, 1.54) is 44.9 Å². The van der Waals surface area contributed by atoms with E-state index in [9.17, 15) is 9.70 Å². The van der Waals surface area contributed by atoms with Crippen LogP contribution in [0.2, 0.25) is 0 Å². The Kier molecular flexibility index (Phi) is 20.9. The molecule has 0 heterocycles. The predicted octanol–water partition coefficient (Wildman–Crippen LogP) is 5.86. The van der Waals surface area contributed by atoms with Crippen LogP contribution in [0.4, 0.5) is 0 Å². The second-order valence-corrected chi connectivity index (χ2v) is 5.75. The first kappa shape index (κ1) is 23.1. The predicted molar refractivity (Wildman–Crippen MR) is 90.7 cm³/mol. The molecule has 22 heavy (non-hydrogen) atoms. The second kappa shape index (κ2) is 19.9. The van der Waals surface area contributed by atoms with Gasteiger partial charge >= 0.3 is 5.97 Å². The first-order valence-corrected chi connectivity index (χ1v) is 8.78. The molecule has 1 atom stereocenters. The molecule has 0 aromatic rings. The lowest BCUT2D eigenvalue weighted by Crippen LogP contribution is -2.02. The van der Waals surface area contributed by atoms with Crippen molar-refractivity contribution in [3.8, 4) is 0 Å². The van der Waals surface area contributed by atoms with Gasteiger partial charge in [0.15, 0.2) is 5.34 Å². The smallest absolute Gasteiger partial charge is 0.303 e. The molecule has 5 nitrogen and oxygen atoms in total. The number of nitrogens with zero attached hydrogens (tertiary/aromatic N) is 1. The Balaban J connectivity index is 0. The zero-order valence-corrected chi connectivity index (χ0v) is 14.7. The highest BCUT2D eigenvalue weighted by molar-refractivity contribution is 5.66. The molecule has 1 unspecified atom stereocenters. The van der Waals surface area contributed by atoms with Crippen LogP contribution in [-0.4, -0.2) is 17.2 Å². The normalized spacial score (nSPS) is 11.2. The number of carbonyl (C=O) groups is 1. The number of hydrogen-bond donors (Lipinski definition) is 1. The van der Waals surface area contributed by atoms with Gasteiger partial charge in [-0.1, -0.05) is 65.2 Å². The molecule has 132 valence electrons. The first-order valence-electron chi connectivity index (χ1n) is 8.78. The highest BCUT2D eigenvalue weighted by Crippen LogP contribution is 2.07. The largest absolute Gasteiger partial charge is 0.481 e. The lowest BCUT2D eigenvalue weighted by molar-refractivity contribution is -0.137. The van der Waals surface area contributed by atoms with Gasteiger partial charge in [-0.2, -0.15) is 0 Å². The molecular weight excluding hydrogens is 282 g/mol. The SMILES string of the molecule is CCCCCCC(C)ON=O.CCCCCCCCC(=O)O. The average molecular weight is 317 g/mol. The van der Waals surface area contributed by atoms with Crippen LogP contribution in [0.1, 0.15) is 97.8 Å². The van der Waals surface area contributed by atoms with E-state index in [4.69, 9.17) is 5.11 Å². The van der Waals surface area contributed by atoms with Crippen LogP contribution < -0.4 is 0 Å². The minimum atomic E-state index is -0.666. The Morgan fingerprint density at radius 1 is 0.955 bits per heavy atom. The Bertz CT molecular complexity index is 247. The Morgan fingerprint density at radius 2 is 1.45 bits per heavy atom. The first-order chi connectivity index (χ1) is 10.6. The van der Waals surface area contributed by atoms with Gasteiger partial charge in [-0.15, -0.1) is 4.91 Å². The summed E-state index contributed by atoms with van der Waals surface area (Å²) < 4.78 is 0. The Hall–Kier alpha value is -1.13. The summed E-state index contributed by atoms with van der Waals surface area (Å²) in [6, 6.07) is 0. The summed E-state index contributed by atoms with van der Waals surface area (Å²) in [6.07, 6.45) is 13.0. The zero-order valence-electron chi connectivity index (χ0n) is 14.7. The third-order valence-electron chi connectivity index (χ3n) is 3.43. The van der Waals surface area contributed by atoms with E-state index in [-0.39, 0.29) is 6.10 Å². The number of unbranched alkanes of at least 4 members (excludes halogenated alkanes) is 8. The van der Waals surface area contributed by atoms with Gasteiger partial charge in [0.05, 0.1) is 0 Å². The number of aliphatic carboxylic acids is 1. The van der Waals surface area contributed by atoms with Gasteiger partial charge in [-0.05, 0) is 26.2 Å². The second-order valence-electron chi connectivity index (χ2n) is 5.75. The van der Waals surface area contributed by atoms with E-state index in [1.807, 2.05) is 6.92 Å². The van der Waals surface area contributed by atoms with Crippen LogP contribution in [-0.2, 0) is 9.63 Å². The summed E-state index contributed by atoms with van der Waals surface area (Å²) in [5.74, 6) is -0.666. The van der Waals surface area contributed by atoms with Crippen LogP contribution in [0.15, 0.2) is 5.34 Å².